The largest absolute Gasteiger partial charge is 0.506 e. The van der Waals surface area contributed by atoms with Gasteiger partial charge in [-0.2, -0.15) is 0 Å². The smallest absolute Gasteiger partial charge is 0.337 e. The number of phenolic OH excluding ortho intramolecular Hbond substituents is 1. The molecule has 18 heteroatoms. The van der Waals surface area contributed by atoms with Gasteiger partial charge in [0.1, 0.15) is 23.6 Å². The van der Waals surface area contributed by atoms with Gasteiger partial charge in [-0.1, -0.05) is 57.9 Å². The van der Waals surface area contributed by atoms with Crippen LogP contribution in [0.3, 0.4) is 0 Å². The van der Waals surface area contributed by atoms with E-state index >= 15 is 0 Å². The molecular weight excluding hydrogens is 891 g/mol. The first-order valence-corrected chi connectivity index (χ1v) is 23.9. The minimum atomic E-state index is -0.903. The van der Waals surface area contributed by atoms with Crippen molar-refractivity contribution in [1.82, 2.24) is 25.4 Å². The molecule has 4 aromatic rings. The first-order chi connectivity index (χ1) is 32.5. The summed E-state index contributed by atoms with van der Waals surface area (Å²) in [6, 6.07) is 17.4. The average Bonchev–Trinajstić information content (AvgIpc) is 3.95. The average molecular weight is 954 g/mol. The Labute approximate surface area is 401 Å². The number of ether oxygens (including phenoxy) is 2. The number of aromatic hydroxyl groups is 1. The number of aliphatic hydroxyl groups excluding tert-OH is 1. The highest BCUT2D eigenvalue weighted by Crippen LogP contribution is 2.29. The highest BCUT2D eigenvalue weighted by molar-refractivity contribution is 7.13. The Hall–Kier alpha value is -6.53. The van der Waals surface area contributed by atoms with Crippen LogP contribution in [0.2, 0.25) is 0 Å². The van der Waals surface area contributed by atoms with Gasteiger partial charge in [-0.3, -0.25) is 24.0 Å². The monoisotopic (exact) mass is 953 g/mol. The number of aromatic nitrogens is 1. The van der Waals surface area contributed by atoms with E-state index in [9.17, 15) is 39.0 Å². The van der Waals surface area contributed by atoms with E-state index < -0.39 is 41.4 Å². The van der Waals surface area contributed by atoms with Crippen LogP contribution in [0.25, 0.3) is 10.4 Å². The normalized spacial score (nSPS) is 16.5. The van der Waals surface area contributed by atoms with Crippen LogP contribution in [-0.4, -0.2) is 125 Å². The number of methoxy groups -OCH3 is 1. The van der Waals surface area contributed by atoms with E-state index in [0.29, 0.717) is 51.2 Å². The van der Waals surface area contributed by atoms with Crippen LogP contribution in [0.1, 0.15) is 87.3 Å². The summed E-state index contributed by atoms with van der Waals surface area (Å²) in [5.74, 6) is -1.78. The van der Waals surface area contributed by atoms with Gasteiger partial charge < -0.3 is 50.3 Å². The van der Waals surface area contributed by atoms with E-state index in [-0.39, 0.29) is 67.3 Å². The van der Waals surface area contributed by atoms with Gasteiger partial charge in [-0.05, 0) is 78.8 Å². The number of nitrogens with one attached hydrogen (secondary N) is 3. The molecule has 0 saturated carbocycles. The molecule has 3 aromatic carbocycles. The number of benzene rings is 3. The molecule has 0 unspecified atom stereocenters. The standard InChI is InChI=1S/C50H63N7O10S/c1-32-45(68-31-52-32)34-14-12-33(13-15-34)28-51-47(63)40-27-37(58)29-57(40)48(64)46(50(2,3)4)54-42(60)10-8-6-7-9-11-44(62)56-24-22-55(23-25-56)36-17-19-38(20-18-36)67-30-43(61)53-39-26-35(49(65)66-5)16-21-41(39)59/h12-21,26,31,37,40,46,58-59H,6-11,22-25,27-30H2,1-5H3,(H,51,63)(H,53,61)(H,54,60)/t37-,40+,46-/m1/s1. The number of carbonyl (C=O) groups is 6. The summed E-state index contributed by atoms with van der Waals surface area (Å²) >= 11 is 1.57. The Bertz CT molecular complexity index is 2390. The molecule has 6 rings (SSSR count). The summed E-state index contributed by atoms with van der Waals surface area (Å²) in [7, 11) is 1.24. The number of anilines is 2. The van der Waals surface area contributed by atoms with Crippen LogP contribution < -0.4 is 25.6 Å². The van der Waals surface area contributed by atoms with E-state index in [4.69, 9.17) is 4.74 Å². The van der Waals surface area contributed by atoms with Crippen molar-refractivity contribution in [2.45, 2.75) is 97.4 Å². The van der Waals surface area contributed by atoms with Crippen molar-refractivity contribution < 1.29 is 48.5 Å². The van der Waals surface area contributed by atoms with Crippen molar-refractivity contribution in [3.05, 3.63) is 89.1 Å². The number of hydrogen-bond donors (Lipinski definition) is 5. The van der Waals surface area contributed by atoms with Crippen LogP contribution in [0, 0.1) is 12.3 Å². The minimum absolute atomic E-state index is 0.0000158. The third kappa shape index (κ3) is 13.8. The second-order valence-electron chi connectivity index (χ2n) is 18.3. The van der Waals surface area contributed by atoms with Crippen LogP contribution in [0.15, 0.2) is 72.2 Å². The number of carbonyl (C=O) groups excluding carboxylic acids is 6. The highest BCUT2D eigenvalue weighted by Gasteiger charge is 2.44. The summed E-state index contributed by atoms with van der Waals surface area (Å²) in [6.45, 7) is 9.97. The maximum absolute atomic E-state index is 14.0. The van der Waals surface area contributed by atoms with Crippen LogP contribution in [0.4, 0.5) is 11.4 Å². The molecule has 0 bridgehead atoms. The van der Waals surface area contributed by atoms with Gasteiger partial charge in [0, 0.05) is 64.2 Å². The topological polar surface area (TPSA) is 220 Å². The first kappa shape index (κ1) is 50.9. The lowest BCUT2D eigenvalue weighted by molar-refractivity contribution is -0.144. The fraction of sp³-hybridized carbons (Fsp3) is 0.460. The van der Waals surface area contributed by atoms with Gasteiger partial charge in [0.05, 0.1) is 40.5 Å². The van der Waals surface area contributed by atoms with Gasteiger partial charge in [-0.15, -0.1) is 11.3 Å². The second-order valence-corrected chi connectivity index (χ2v) is 19.1. The van der Waals surface area contributed by atoms with Crippen LogP contribution in [0.5, 0.6) is 11.5 Å². The highest BCUT2D eigenvalue weighted by atomic mass is 32.1. The number of aryl methyl sites for hydroxylation is 1. The number of rotatable bonds is 19. The number of phenols is 1. The third-order valence-electron chi connectivity index (χ3n) is 12.2. The number of likely N-dealkylation sites (tertiary alicyclic amines) is 1. The van der Waals surface area contributed by atoms with E-state index in [0.717, 1.165) is 40.2 Å². The molecule has 0 radical (unpaired) electrons. The maximum atomic E-state index is 14.0. The number of β-amino-alcohol motifs (C(OH)–C–C–N with tert-alkyl or cyclic N) is 1. The molecule has 5 amide bonds. The molecule has 2 fully saturated rings. The van der Waals surface area contributed by atoms with Crippen molar-refractivity contribution in [1.29, 1.82) is 0 Å². The van der Waals surface area contributed by atoms with Gasteiger partial charge in [0.25, 0.3) is 5.91 Å². The molecule has 3 atom stereocenters. The number of amides is 5. The quantitative estimate of drug-likeness (QED) is 0.0452. The fourth-order valence-corrected chi connectivity index (χ4v) is 9.08. The third-order valence-corrected chi connectivity index (χ3v) is 13.1. The van der Waals surface area contributed by atoms with Gasteiger partial charge in [0.2, 0.25) is 23.6 Å². The van der Waals surface area contributed by atoms with Crippen LogP contribution >= 0.6 is 11.3 Å². The van der Waals surface area contributed by atoms with E-state index in [1.54, 1.807) is 23.5 Å². The molecule has 0 aliphatic carbocycles. The molecule has 3 heterocycles. The molecule has 1 aromatic heterocycles. The number of unbranched alkanes of at least 4 members (excludes halogenated alkanes) is 3. The fourth-order valence-electron chi connectivity index (χ4n) is 8.27. The van der Waals surface area contributed by atoms with Gasteiger partial charge in [0.15, 0.2) is 6.61 Å². The molecule has 17 nitrogen and oxygen atoms in total. The summed E-state index contributed by atoms with van der Waals surface area (Å²) in [6.07, 6.45) is 2.69. The first-order valence-electron chi connectivity index (χ1n) is 23.0. The maximum Gasteiger partial charge on any atom is 0.337 e. The zero-order chi connectivity index (χ0) is 49.0. The van der Waals surface area contributed by atoms with Crippen molar-refractivity contribution in [3.8, 4) is 21.9 Å². The van der Waals surface area contributed by atoms with Crippen LogP contribution in [-0.2, 0) is 35.3 Å². The van der Waals surface area contributed by atoms with Crippen molar-refractivity contribution >= 4 is 58.2 Å². The summed E-state index contributed by atoms with van der Waals surface area (Å²) in [5.41, 5.74) is 5.25. The Morgan fingerprint density at radius 3 is 2.22 bits per heavy atom. The number of nitrogens with zero attached hydrogens (tertiary/aromatic N) is 4. The van der Waals surface area contributed by atoms with E-state index in [2.05, 4.69) is 30.6 Å². The molecular formula is C50H63N7O10S. The number of esters is 1. The Morgan fingerprint density at radius 2 is 1.57 bits per heavy atom. The summed E-state index contributed by atoms with van der Waals surface area (Å²) in [5, 5.41) is 29.1. The summed E-state index contributed by atoms with van der Waals surface area (Å²) < 4.78 is 10.3. The number of hydrogen-bond acceptors (Lipinski definition) is 13. The van der Waals surface area contributed by atoms with Gasteiger partial charge in [-0.25, -0.2) is 9.78 Å². The minimum Gasteiger partial charge on any atom is -0.506 e. The molecule has 0 spiro atoms. The van der Waals surface area contributed by atoms with Crippen molar-refractivity contribution in [2.24, 2.45) is 5.41 Å². The number of aliphatic hydroxyl groups is 1. The van der Waals surface area contributed by atoms with Crippen molar-refractivity contribution in [2.75, 3.05) is 56.7 Å². The SMILES string of the molecule is COC(=O)c1ccc(O)c(NC(=O)COc2ccc(N3CCN(C(=O)CCCCCCC(=O)N[C@H](C(=O)N4C[C@H](O)C[C@H]4C(=O)NCc4ccc(-c5scnc5C)cc4)C(C)(C)C)CC3)cc2)c1. The summed E-state index contributed by atoms with van der Waals surface area (Å²) in [4.78, 5) is 88.9. The zero-order valence-electron chi connectivity index (χ0n) is 39.4. The Kier molecular flexibility index (Phi) is 17.6. The van der Waals surface area contributed by atoms with E-state index in [1.807, 2.05) is 74.5 Å². The molecule has 2 aliphatic heterocycles. The van der Waals surface area contributed by atoms with Crippen molar-refractivity contribution in [3.63, 3.8) is 0 Å². The molecule has 2 aliphatic rings. The lowest BCUT2D eigenvalue weighted by Gasteiger charge is -2.36. The Morgan fingerprint density at radius 1 is 0.882 bits per heavy atom. The second kappa shape index (κ2) is 23.5. The molecule has 2 saturated heterocycles. The molecule has 68 heavy (non-hydrogen) atoms. The number of piperazine rings is 1. The predicted octanol–water partition coefficient (Wildman–Crippen LogP) is 5.43. The Balaban J connectivity index is 0.862. The van der Waals surface area contributed by atoms with Gasteiger partial charge >= 0.3 is 5.97 Å². The number of thiazole rings is 1. The predicted molar refractivity (Wildman–Crippen MR) is 258 cm³/mol. The zero-order valence-corrected chi connectivity index (χ0v) is 40.2. The lowest BCUT2D eigenvalue weighted by Crippen LogP contribution is -2.57. The molecule has 5 N–H and O–H groups in total. The molecule has 364 valence electrons. The van der Waals surface area contributed by atoms with E-state index in [1.165, 1.54) is 30.2 Å². The lowest BCUT2D eigenvalue weighted by atomic mass is 9.85.